The molecule has 0 amide bonds. The van der Waals surface area contributed by atoms with Gasteiger partial charge < -0.3 is 13.9 Å². The van der Waals surface area contributed by atoms with Gasteiger partial charge in [0.05, 0.1) is 6.26 Å². The molecule has 5 nitrogen and oxygen atoms in total. The number of para-hydroxylation sites is 1. The van der Waals surface area contributed by atoms with E-state index < -0.39 is 5.97 Å². The number of esters is 1. The van der Waals surface area contributed by atoms with Crippen LogP contribution in [0.2, 0.25) is 0 Å². The molecule has 0 radical (unpaired) electrons. The first-order valence-electron chi connectivity index (χ1n) is 7.71. The van der Waals surface area contributed by atoms with E-state index in [2.05, 4.69) is 0 Å². The second-order valence-corrected chi connectivity index (χ2v) is 5.35. The van der Waals surface area contributed by atoms with E-state index in [0.29, 0.717) is 22.6 Å². The van der Waals surface area contributed by atoms with Crippen molar-refractivity contribution in [1.29, 1.82) is 0 Å². The molecule has 0 aliphatic heterocycles. The Morgan fingerprint density at radius 2 is 1.64 bits per heavy atom. The molecule has 1 heterocycles. The van der Waals surface area contributed by atoms with Crippen molar-refractivity contribution < 1.29 is 23.5 Å². The summed E-state index contributed by atoms with van der Waals surface area (Å²) in [5, 5.41) is 0. The Kier molecular flexibility index (Phi) is 4.95. The van der Waals surface area contributed by atoms with Gasteiger partial charge in [0.1, 0.15) is 18.1 Å². The highest BCUT2D eigenvalue weighted by Crippen LogP contribution is 2.19. The van der Waals surface area contributed by atoms with Gasteiger partial charge in [-0.1, -0.05) is 18.2 Å². The number of rotatable bonds is 6. The van der Waals surface area contributed by atoms with E-state index in [0.717, 1.165) is 0 Å². The number of carbonyl (C=O) groups is 2. The summed E-state index contributed by atoms with van der Waals surface area (Å²) in [7, 11) is 0. The molecule has 0 saturated carbocycles. The SMILES string of the molecule is CC(=O)c1ccc(OC(=O)c2occc2COc2ccccc2)cc1. The Balaban J connectivity index is 1.66. The van der Waals surface area contributed by atoms with E-state index in [9.17, 15) is 9.59 Å². The van der Waals surface area contributed by atoms with Crippen LogP contribution >= 0.6 is 0 Å². The average Bonchev–Trinajstić information content (AvgIpc) is 3.10. The second kappa shape index (κ2) is 7.49. The number of carbonyl (C=O) groups excluding carboxylic acids is 2. The van der Waals surface area contributed by atoms with E-state index in [4.69, 9.17) is 13.9 Å². The van der Waals surface area contributed by atoms with Crippen LogP contribution in [0.5, 0.6) is 11.5 Å². The van der Waals surface area contributed by atoms with Crippen LogP contribution < -0.4 is 9.47 Å². The first-order valence-corrected chi connectivity index (χ1v) is 7.71. The van der Waals surface area contributed by atoms with E-state index in [1.165, 1.54) is 13.2 Å². The lowest BCUT2D eigenvalue weighted by Crippen LogP contribution is -2.11. The van der Waals surface area contributed by atoms with E-state index >= 15 is 0 Å². The molecule has 2 aromatic carbocycles. The average molecular weight is 336 g/mol. The van der Waals surface area contributed by atoms with Gasteiger partial charge in [-0.15, -0.1) is 0 Å². The Morgan fingerprint density at radius 3 is 2.32 bits per heavy atom. The molecular weight excluding hydrogens is 320 g/mol. The number of Topliss-reactive ketones (excluding diaryl/α,β-unsaturated/α-hetero) is 1. The number of furan rings is 1. The summed E-state index contributed by atoms with van der Waals surface area (Å²) in [6.45, 7) is 1.66. The summed E-state index contributed by atoms with van der Waals surface area (Å²) >= 11 is 0. The van der Waals surface area contributed by atoms with E-state index in [-0.39, 0.29) is 18.2 Å². The van der Waals surface area contributed by atoms with Crippen molar-refractivity contribution in [3.63, 3.8) is 0 Å². The Morgan fingerprint density at radius 1 is 0.920 bits per heavy atom. The minimum atomic E-state index is -0.618. The molecule has 3 rings (SSSR count). The molecule has 0 N–H and O–H groups in total. The van der Waals surface area contributed by atoms with Crippen molar-refractivity contribution in [2.45, 2.75) is 13.5 Å². The third-order valence-electron chi connectivity index (χ3n) is 3.54. The molecule has 3 aromatic rings. The van der Waals surface area contributed by atoms with E-state index in [1.54, 1.807) is 30.3 Å². The third-order valence-corrected chi connectivity index (χ3v) is 3.54. The molecule has 1 aromatic heterocycles. The van der Waals surface area contributed by atoms with Crippen LogP contribution in [0, 0.1) is 0 Å². The lowest BCUT2D eigenvalue weighted by atomic mass is 10.1. The van der Waals surface area contributed by atoms with Gasteiger partial charge >= 0.3 is 5.97 Å². The predicted molar refractivity (Wildman–Crippen MR) is 90.9 cm³/mol. The number of hydrogen-bond acceptors (Lipinski definition) is 5. The summed E-state index contributed by atoms with van der Waals surface area (Å²) in [6, 6.07) is 17.3. The maximum Gasteiger partial charge on any atom is 0.380 e. The number of hydrogen-bond donors (Lipinski definition) is 0. The van der Waals surface area contributed by atoms with Crippen molar-refractivity contribution in [3.05, 3.63) is 83.8 Å². The van der Waals surface area contributed by atoms with E-state index in [1.807, 2.05) is 30.3 Å². The first kappa shape index (κ1) is 16.5. The number of ketones is 1. The molecule has 0 saturated heterocycles. The third kappa shape index (κ3) is 4.14. The van der Waals surface area contributed by atoms with Crippen LogP contribution in [0.4, 0.5) is 0 Å². The van der Waals surface area contributed by atoms with Crippen LogP contribution in [0.25, 0.3) is 0 Å². The molecule has 0 bridgehead atoms. The highest BCUT2D eigenvalue weighted by molar-refractivity contribution is 5.94. The minimum Gasteiger partial charge on any atom is -0.489 e. The van der Waals surface area contributed by atoms with Crippen LogP contribution in [0.3, 0.4) is 0 Å². The molecule has 0 fully saturated rings. The standard InChI is InChI=1S/C20H16O5/c1-14(21)15-7-9-18(10-8-15)25-20(22)19-16(11-12-23-19)13-24-17-5-3-2-4-6-17/h2-12H,13H2,1H3. The lowest BCUT2D eigenvalue weighted by molar-refractivity contribution is 0.0697. The number of ether oxygens (including phenoxy) is 2. The van der Waals surface area contributed by atoms with Gasteiger partial charge in [-0.2, -0.15) is 0 Å². The van der Waals surface area contributed by atoms with Crippen molar-refractivity contribution in [1.82, 2.24) is 0 Å². The fraction of sp³-hybridized carbons (Fsp3) is 0.100. The predicted octanol–water partition coefficient (Wildman–Crippen LogP) is 4.28. The quantitative estimate of drug-likeness (QED) is 0.382. The van der Waals surface area contributed by atoms with Gasteiger partial charge in [0.25, 0.3) is 0 Å². The fourth-order valence-corrected chi connectivity index (χ4v) is 2.22. The van der Waals surface area contributed by atoms with Gasteiger partial charge in [-0.05, 0) is 49.4 Å². The summed E-state index contributed by atoms with van der Waals surface area (Å²) in [5.74, 6) is 0.451. The van der Waals surface area contributed by atoms with Gasteiger partial charge in [0, 0.05) is 11.1 Å². The molecule has 0 aliphatic carbocycles. The van der Waals surface area contributed by atoms with Gasteiger partial charge in [0.15, 0.2) is 5.78 Å². The maximum absolute atomic E-state index is 12.3. The summed E-state index contributed by atoms with van der Waals surface area (Å²) in [6.07, 6.45) is 1.42. The molecule has 126 valence electrons. The molecule has 0 spiro atoms. The van der Waals surface area contributed by atoms with Gasteiger partial charge in [0.2, 0.25) is 5.76 Å². The fourth-order valence-electron chi connectivity index (χ4n) is 2.22. The van der Waals surface area contributed by atoms with Crippen LogP contribution in [0.1, 0.15) is 33.4 Å². The lowest BCUT2D eigenvalue weighted by Gasteiger charge is -2.07. The monoisotopic (exact) mass is 336 g/mol. The highest BCUT2D eigenvalue weighted by Gasteiger charge is 2.18. The van der Waals surface area contributed by atoms with Gasteiger partial charge in [-0.3, -0.25) is 4.79 Å². The zero-order valence-electron chi connectivity index (χ0n) is 13.6. The molecule has 25 heavy (non-hydrogen) atoms. The normalized spacial score (nSPS) is 10.3. The Bertz CT molecular complexity index is 863. The van der Waals surface area contributed by atoms with Crippen molar-refractivity contribution in [2.75, 3.05) is 0 Å². The minimum absolute atomic E-state index is 0.0516. The molecule has 0 atom stereocenters. The second-order valence-electron chi connectivity index (χ2n) is 5.35. The summed E-state index contributed by atoms with van der Waals surface area (Å²) in [4.78, 5) is 23.6. The highest BCUT2D eigenvalue weighted by atomic mass is 16.5. The summed E-state index contributed by atoms with van der Waals surface area (Å²) < 4.78 is 16.2. The van der Waals surface area contributed by atoms with Crippen LogP contribution in [0.15, 0.2) is 71.3 Å². The zero-order valence-corrected chi connectivity index (χ0v) is 13.6. The van der Waals surface area contributed by atoms with Crippen LogP contribution in [-0.2, 0) is 6.61 Å². The topological polar surface area (TPSA) is 65.7 Å². The molecule has 0 aliphatic rings. The largest absolute Gasteiger partial charge is 0.489 e. The first-order chi connectivity index (χ1) is 12.1. The smallest absolute Gasteiger partial charge is 0.380 e. The van der Waals surface area contributed by atoms with Crippen molar-refractivity contribution in [2.24, 2.45) is 0 Å². The Labute approximate surface area is 144 Å². The maximum atomic E-state index is 12.3. The van der Waals surface area contributed by atoms with Crippen molar-refractivity contribution in [3.8, 4) is 11.5 Å². The van der Waals surface area contributed by atoms with Gasteiger partial charge in [-0.25, -0.2) is 4.79 Å². The summed E-state index contributed by atoms with van der Waals surface area (Å²) in [5.41, 5.74) is 1.14. The molecular formula is C20H16O5. The Hall–Kier alpha value is -3.34. The van der Waals surface area contributed by atoms with Crippen LogP contribution in [-0.4, -0.2) is 11.8 Å². The zero-order chi connectivity index (χ0) is 17.6. The van der Waals surface area contributed by atoms with Crippen molar-refractivity contribution >= 4 is 11.8 Å². The molecule has 5 heteroatoms. The molecule has 0 unspecified atom stereocenters. The number of benzene rings is 2.